The molecule has 5 heteroatoms. The summed E-state index contributed by atoms with van der Waals surface area (Å²) in [5, 5.41) is 8.60. The molecule has 0 aromatic rings. The summed E-state index contributed by atoms with van der Waals surface area (Å²) in [5.74, 6) is -1.01. The van der Waals surface area contributed by atoms with E-state index in [0.29, 0.717) is 6.54 Å². The van der Waals surface area contributed by atoms with Gasteiger partial charge in [0.05, 0.1) is 6.04 Å². The maximum atomic E-state index is 11.7. The number of likely N-dealkylation sites (N-methyl/N-ethyl adjacent to an activating group) is 1. The Morgan fingerprint density at radius 1 is 1.57 bits per heavy atom. The monoisotopic (exact) mass is 200 g/mol. The number of hydrogen-bond donors (Lipinski definition) is 1. The lowest BCUT2D eigenvalue weighted by atomic mass is 10.1. The molecule has 0 aromatic heterocycles. The average molecular weight is 200 g/mol. The summed E-state index contributed by atoms with van der Waals surface area (Å²) >= 11 is 0. The molecular formula is C9H16N2O3. The molecule has 0 aliphatic carbocycles. The van der Waals surface area contributed by atoms with Crippen molar-refractivity contribution in [2.45, 2.75) is 19.4 Å². The van der Waals surface area contributed by atoms with Crippen LogP contribution in [0.5, 0.6) is 0 Å². The molecule has 1 saturated heterocycles. The number of aliphatic carboxylic acids is 1. The third kappa shape index (κ3) is 2.23. The molecule has 0 spiro atoms. The molecule has 1 aliphatic heterocycles. The Labute approximate surface area is 83.3 Å². The Morgan fingerprint density at radius 2 is 2.21 bits per heavy atom. The number of carboxylic acids is 1. The minimum atomic E-state index is -0.947. The lowest BCUT2D eigenvalue weighted by Gasteiger charge is -2.37. The van der Waals surface area contributed by atoms with E-state index < -0.39 is 5.97 Å². The Kier molecular flexibility index (Phi) is 3.46. The van der Waals surface area contributed by atoms with Crippen LogP contribution in [0.3, 0.4) is 0 Å². The SMILES string of the molecule is CCC1C(=O)N(CC(=O)O)CCN1C. The van der Waals surface area contributed by atoms with Crippen LogP contribution in [0.25, 0.3) is 0 Å². The van der Waals surface area contributed by atoms with E-state index in [1.807, 2.05) is 18.9 Å². The number of rotatable bonds is 3. The fourth-order valence-corrected chi connectivity index (χ4v) is 1.75. The zero-order chi connectivity index (χ0) is 10.7. The van der Waals surface area contributed by atoms with Crippen LogP contribution in [0.15, 0.2) is 0 Å². The second-order valence-corrected chi connectivity index (χ2v) is 3.56. The minimum Gasteiger partial charge on any atom is -0.480 e. The number of hydrogen-bond acceptors (Lipinski definition) is 3. The highest BCUT2D eigenvalue weighted by Crippen LogP contribution is 2.11. The smallest absolute Gasteiger partial charge is 0.323 e. The van der Waals surface area contributed by atoms with Gasteiger partial charge in [0.25, 0.3) is 0 Å². The van der Waals surface area contributed by atoms with E-state index in [2.05, 4.69) is 0 Å². The highest BCUT2D eigenvalue weighted by Gasteiger charge is 2.31. The van der Waals surface area contributed by atoms with Crippen molar-refractivity contribution in [1.29, 1.82) is 0 Å². The van der Waals surface area contributed by atoms with Gasteiger partial charge < -0.3 is 10.0 Å². The molecule has 1 rings (SSSR count). The second kappa shape index (κ2) is 4.41. The van der Waals surface area contributed by atoms with Crippen molar-refractivity contribution >= 4 is 11.9 Å². The van der Waals surface area contributed by atoms with Crippen molar-refractivity contribution in [3.8, 4) is 0 Å². The molecule has 1 fully saturated rings. The molecule has 1 amide bonds. The van der Waals surface area contributed by atoms with E-state index in [0.717, 1.165) is 13.0 Å². The number of carbonyl (C=O) groups is 2. The summed E-state index contributed by atoms with van der Waals surface area (Å²) in [6.07, 6.45) is 0.728. The van der Waals surface area contributed by atoms with E-state index in [1.54, 1.807) is 0 Å². The number of carboxylic acid groups (broad SMARTS) is 1. The van der Waals surface area contributed by atoms with Crippen LogP contribution in [0, 0.1) is 0 Å². The quantitative estimate of drug-likeness (QED) is 0.675. The molecule has 1 heterocycles. The van der Waals surface area contributed by atoms with Gasteiger partial charge in [-0.2, -0.15) is 0 Å². The Bertz CT molecular complexity index is 242. The Hall–Kier alpha value is -1.10. The summed E-state index contributed by atoms with van der Waals surface area (Å²) in [6.45, 7) is 3.02. The van der Waals surface area contributed by atoms with Gasteiger partial charge in [-0.25, -0.2) is 0 Å². The van der Waals surface area contributed by atoms with Gasteiger partial charge in [0.15, 0.2) is 0 Å². The first-order chi connectivity index (χ1) is 6.56. The number of piperazine rings is 1. The van der Waals surface area contributed by atoms with Crippen molar-refractivity contribution in [3.05, 3.63) is 0 Å². The predicted octanol–water partition coefficient (Wildman–Crippen LogP) is -0.376. The van der Waals surface area contributed by atoms with Crippen LogP contribution in [-0.2, 0) is 9.59 Å². The van der Waals surface area contributed by atoms with Gasteiger partial charge in [-0.1, -0.05) is 6.92 Å². The fourth-order valence-electron chi connectivity index (χ4n) is 1.75. The lowest BCUT2D eigenvalue weighted by Crippen LogP contribution is -2.56. The first-order valence-electron chi connectivity index (χ1n) is 4.77. The van der Waals surface area contributed by atoms with Gasteiger partial charge in [-0.3, -0.25) is 14.5 Å². The van der Waals surface area contributed by atoms with E-state index in [9.17, 15) is 9.59 Å². The highest BCUT2D eigenvalue weighted by atomic mass is 16.4. The number of carbonyl (C=O) groups excluding carboxylic acids is 1. The summed E-state index contributed by atoms with van der Waals surface area (Å²) in [4.78, 5) is 25.6. The Balaban J connectivity index is 2.64. The third-order valence-corrected chi connectivity index (χ3v) is 2.56. The molecule has 0 aromatic carbocycles. The molecule has 1 aliphatic rings. The molecule has 0 radical (unpaired) electrons. The first-order valence-corrected chi connectivity index (χ1v) is 4.77. The van der Waals surface area contributed by atoms with E-state index in [-0.39, 0.29) is 18.5 Å². The summed E-state index contributed by atoms with van der Waals surface area (Å²) in [7, 11) is 1.89. The van der Waals surface area contributed by atoms with Crippen molar-refractivity contribution in [3.63, 3.8) is 0 Å². The maximum absolute atomic E-state index is 11.7. The second-order valence-electron chi connectivity index (χ2n) is 3.56. The van der Waals surface area contributed by atoms with Crippen molar-refractivity contribution in [1.82, 2.24) is 9.80 Å². The summed E-state index contributed by atoms with van der Waals surface area (Å²) in [5.41, 5.74) is 0. The minimum absolute atomic E-state index is 0.0661. The van der Waals surface area contributed by atoms with Crippen LogP contribution in [0.4, 0.5) is 0 Å². The van der Waals surface area contributed by atoms with Crippen molar-refractivity contribution < 1.29 is 14.7 Å². The van der Waals surface area contributed by atoms with Gasteiger partial charge >= 0.3 is 5.97 Å². The zero-order valence-electron chi connectivity index (χ0n) is 8.56. The molecule has 0 bridgehead atoms. The molecule has 1 atom stereocenters. The van der Waals surface area contributed by atoms with Crippen LogP contribution in [0.1, 0.15) is 13.3 Å². The Morgan fingerprint density at radius 3 is 2.71 bits per heavy atom. The van der Waals surface area contributed by atoms with Gasteiger partial charge in [0.1, 0.15) is 6.54 Å². The first kappa shape index (κ1) is 11.0. The van der Waals surface area contributed by atoms with Gasteiger partial charge in [-0.05, 0) is 13.5 Å². The van der Waals surface area contributed by atoms with Crippen LogP contribution >= 0.6 is 0 Å². The molecule has 0 saturated carbocycles. The van der Waals surface area contributed by atoms with Gasteiger partial charge in [0, 0.05) is 13.1 Å². The van der Waals surface area contributed by atoms with Gasteiger partial charge in [-0.15, -0.1) is 0 Å². The largest absolute Gasteiger partial charge is 0.480 e. The fraction of sp³-hybridized carbons (Fsp3) is 0.778. The third-order valence-electron chi connectivity index (χ3n) is 2.56. The standard InChI is InChI=1S/C9H16N2O3/c1-3-7-9(14)11(6-8(12)13)5-4-10(7)2/h7H,3-6H2,1-2H3,(H,12,13). The number of amides is 1. The molecule has 14 heavy (non-hydrogen) atoms. The molecule has 5 nitrogen and oxygen atoms in total. The number of nitrogens with zero attached hydrogens (tertiary/aromatic N) is 2. The lowest BCUT2D eigenvalue weighted by molar-refractivity contribution is -0.149. The van der Waals surface area contributed by atoms with E-state index in [4.69, 9.17) is 5.11 Å². The summed E-state index contributed by atoms with van der Waals surface area (Å²) < 4.78 is 0. The molecule has 1 unspecified atom stereocenters. The maximum Gasteiger partial charge on any atom is 0.323 e. The average Bonchev–Trinajstić information content (AvgIpc) is 2.10. The van der Waals surface area contributed by atoms with Crippen LogP contribution < -0.4 is 0 Å². The zero-order valence-corrected chi connectivity index (χ0v) is 8.56. The highest BCUT2D eigenvalue weighted by molar-refractivity contribution is 5.85. The summed E-state index contributed by atoms with van der Waals surface area (Å²) in [6, 6.07) is -0.150. The van der Waals surface area contributed by atoms with E-state index in [1.165, 1.54) is 4.90 Å². The van der Waals surface area contributed by atoms with Crippen LogP contribution in [0.2, 0.25) is 0 Å². The van der Waals surface area contributed by atoms with Crippen LogP contribution in [-0.4, -0.2) is 59.5 Å². The molecular weight excluding hydrogens is 184 g/mol. The topological polar surface area (TPSA) is 60.9 Å². The van der Waals surface area contributed by atoms with Gasteiger partial charge in [0.2, 0.25) is 5.91 Å². The van der Waals surface area contributed by atoms with Crippen molar-refractivity contribution in [2.75, 3.05) is 26.7 Å². The molecule has 1 N–H and O–H groups in total. The normalized spacial score (nSPS) is 24.0. The molecule has 80 valence electrons. The van der Waals surface area contributed by atoms with Crippen molar-refractivity contribution in [2.24, 2.45) is 0 Å². The van der Waals surface area contributed by atoms with E-state index >= 15 is 0 Å². The predicted molar refractivity (Wildman–Crippen MR) is 50.9 cm³/mol.